The van der Waals surface area contributed by atoms with Crippen LogP contribution in [-0.4, -0.2) is 52.5 Å². The van der Waals surface area contributed by atoms with Gasteiger partial charge in [0.2, 0.25) is 0 Å². The molecule has 0 amide bonds. The second-order valence-corrected chi connectivity index (χ2v) is 6.60. The minimum absolute atomic E-state index is 0.624. The molecule has 0 saturated heterocycles. The first-order valence-corrected chi connectivity index (χ1v) is 8.30. The van der Waals surface area contributed by atoms with Gasteiger partial charge in [-0.3, -0.25) is 9.47 Å². The Hall–Kier alpha value is -2.58. The Morgan fingerprint density at radius 2 is 1.08 bits per heavy atom. The van der Waals surface area contributed by atoms with Crippen LogP contribution in [0.3, 0.4) is 0 Å². The van der Waals surface area contributed by atoms with E-state index in [0.717, 1.165) is 24.3 Å². The van der Waals surface area contributed by atoms with Crippen LogP contribution in [0.2, 0.25) is 0 Å². The van der Waals surface area contributed by atoms with Crippen molar-refractivity contribution in [3.05, 3.63) is 30.1 Å². The summed E-state index contributed by atoms with van der Waals surface area (Å²) in [5.41, 5.74) is -1.32. The summed E-state index contributed by atoms with van der Waals surface area (Å²) in [4.78, 5) is 4.08. The standard InChI is InChI=1S/C15H5F17N2O2/c16-8(11(20,21)22,7-33-5-3-1-2-4-6(5)34-7)35-15(31,32)10(19,13(26,27)28)36-14(29,30)9(17,18)12(23,24)25/h1-4H,(H,33,34)/t8-,10-/m1/s1. The van der Waals surface area contributed by atoms with Gasteiger partial charge in [-0.1, -0.05) is 12.1 Å². The van der Waals surface area contributed by atoms with E-state index >= 15 is 0 Å². The molecule has 0 aliphatic heterocycles. The third-order valence-corrected chi connectivity index (χ3v) is 4.06. The number of imidazole rings is 1. The average molecular weight is 568 g/mol. The molecule has 0 radical (unpaired) electrons. The molecule has 0 unspecified atom stereocenters. The minimum atomic E-state index is -7.94. The number of hydrogen-bond acceptors (Lipinski definition) is 3. The molecule has 1 aromatic carbocycles. The van der Waals surface area contributed by atoms with Crippen LogP contribution in [0.15, 0.2) is 24.3 Å². The molecule has 0 aliphatic carbocycles. The maximum atomic E-state index is 14.7. The highest BCUT2D eigenvalue weighted by molar-refractivity contribution is 5.74. The second kappa shape index (κ2) is 8.21. The van der Waals surface area contributed by atoms with Crippen LogP contribution in [0.1, 0.15) is 5.82 Å². The molecule has 2 rings (SSSR count). The monoisotopic (exact) mass is 568 g/mol. The molecule has 4 nitrogen and oxygen atoms in total. The summed E-state index contributed by atoms with van der Waals surface area (Å²) in [6.07, 6.45) is -37.9. The molecule has 1 N–H and O–H groups in total. The molecule has 1 heterocycles. The van der Waals surface area contributed by atoms with E-state index in [-0.39, 0.29) is 0 Å². The quantitative estimate of drug-likeness (QED) is 0.371. The van der Waals surface area contributed by atoms with Gasteiger partial charge in [0.1, 0.15) is 0 Å². The number of aromatic amines is 1. The number of para-hydroxylation sites is 2. The number of aromatic nitrogens is 2. The second-order valence-electron chi connectivity index (χ2n) is 6.60. The van der Waals surface area contributed by atoms with E-state index < -0.39 is 65.2 Å². The van der Waals surface area contributed by atoms with E-state index in [0.29, 0.717) is 0 Å². The van der Waals surface area contributed by atoms with Crippen LogP contribution in [0, 0.1) is 0 Å². The largest absolute Gasteiger partial charge is 0.462 e. The van der Waals surface area contributed by atoms with Gasteiger partial charge in [0.05, 0.1) is 11.0 Å². The van der Waals surface area contributed by atoms with Crippen LogP contribution < -0.4 is 0 Å². The molecule has 2 aromatic rings. The Bertz CT molecular complexity index is 1060. The highest BCUT2D eigenvalue weighted by Gasteiger charge is 2.85. The molecule has 21 heteroatoms. The Kier molecular flexibility index (Phi) is 6.77. The number of benzene rings is 1. The van der Waals surface area contributed by atoms with E-state index in [4.69, 9.17) is 0 Å². The normalized spacial score (nSPS) is 18.2. The number of rotatable bonds is 7. The highest BCUT2D eigenvalue weighted by atomic mass is 19.4. The van der Waals surface area contributed by atoms with Gasteiger partial charge in [-0.25, -0.2) is 4.98 Å². The minimum Gasteiger partial charge on any atom is -0.337 e. The Morgan fingerprint density at radius 3 is 1.50 bits per heavy atom. The zero-order valence-corrected chi connectivity index (χ0v) is 16.0. The fourth-order valence-electron chi connectivity index (χ4n) is 2.28. The molecule has 0 fully saturated rings. The predicted molar refractivity (Wildman–Crippen MR) is 77.9 cm³/mol. The maximum absolute atomic E-state index is 14.7. The number of nitrogens with zero attached hydrogens (tertiary/aromatic N) is 1. The lowest BCUT2D eigenvalue weighted by Gasteiger charge is -2.40. The zero-order valence-electron chi connectivity index (χ0n) is 16.0. The Labute approximate surface area is 185 Å². The molecular formula is C15H5F17N2O2. The van der Waals surface area contributed by atoms with E-state index in [1.54, 1.807) is 0 Å². The molecular weight excluding hydrogens is 563 g/mol. The number of halogens is 17. The molecule has 206 valence electrons. The van der Waals surface area contributed by atoms with E-state index in [9.17, 15) is 74.6 Å². The SMILES string of the molecule is FC(F)(F)C(F)(F)C(F)(F)O[C@](F)(C(F)(F)F)C(F)(F)O[C@](F)(c1nc2ccccc2[nH]1)C(F)(F)F. The van der Waals surface area contributed by atoms with Gasteiger partial charge in [0.25, 0.3) is 0 Å². The number of H-pyrrole nitrogens is 1. The average Bonchev–Trinajstić information content (AvgIpc) is 3.09. The van der Waals surface area contributed by atoms with E-state index in [1.807, 2.05) is 0 Å². The lowest BCUT2D eigenvalue weighted by Crippen LogP contribution is -2.67. The molecule has 0 aliphatic rings. The summed E-state index contributed by atoms with van der Waals surface area (Å²) in [6, 6.07) is 3.63. The molecule has 0 spiro atoms. The van der Waals surface area contributed by atoms with Gasteiger partial charge in [-0.05, 0) is 12.1 Å². The summed E-state index contributed by atoms with van der Waals surface area (Å²) in [5, 5.41) is 0. The third-order valence-electron chi connectivity index (χ3n) is 4.06. The fraction of sp³-hybridized carbons (Fsp3) is 0.533. The topological polar surface area (TPSA) is 47.1 Å². The molecule has 2 atom stereocenters. The van der Waals surface area contributed by atoms with Gasteiger partial charge in [-0.2, -0.15) is 74.6 Å². The van der Waals surface area contributed by atoms with Crippen molar-refractivity contribution in [2.24, 2.45) is 0 Å². The molecule has 1 aromatic heterocycles. The Balaban J connectivity index is 2.68. The molecule has 0 bridgehead atoms. The first kappa shape index (κ1) is 29.6. The van der Waals surface area contributed by atoms with Crippen molar-refractivity contribution in [1.82, 2.24) is 9.97 Å². The van der Waals surface area contributed by atoms with Crippen molar-refractivity contribution >= 4 is 11.0 Å². The van der Waals surface area contributed by atoms with E-state index in [1.165, 1.54) is 9.72 Å². The number of nitrogens with one attached hydrogen (secondary N) is 1. The molecule has 36 heavy (non-hydrogen) atoms. The lowest BCUT2D eigenvalue weighted by molar-refractivity contribution is -0.554. The summed E-state index contributed by atoms with van der Waals surface area (Å²) in [7, 11) is 0. The van der Waals surface area contributed by atoms with Crippen molar-refractivity contribution in [3.63, 3.8) is 0 Å². The third kappa shape index (κ3) is 4.61. The number of ether oxygens (including phenoxy) is 2. The first-order valence-electron chi connectivity index (χ1n) is 8.30. The van der Waals surface area contributed by atoms with Gasteiger partial charge >= 0.3 is 48.4 Å². The van der Waals surface area contributed by atoms with Gasteiger partial charge in [0, 0.05) is 0 Å². The van der Waals surface area contributed by atoms with E-state index in [2.05, 4.69) is 9.72 Å². The number of alkyl halides is 17. The Morgan fingerprint density at radius 1 is 0.583 bits per heavy atom. The summed E-state index contributed by atoms with van der Waals surface area (Å²) in [5.74, 6) is -24.6. The lowest BCUT2D eigenvalue weighted by atomic mass is 10.2. The van der Waals surface area contributed by atoms with Crippen molar-refractivity contribution in [2.45, 2.75) is 48.4 Å². The fourth-order valence-corrected chi connectivity index (χ4v) is 2.28. The number of hydrogen-bond donors (Lipinski definition) is 1. The van der Waals surface area contributed by atoms with Crippen LogP contribution in [0.4, 0.5) is 74.6 Å². The molecule has 0 saturated carbocycles. The van der Waals surface area contributed by atoms with Crippen molar-refractivity contribution in [1.29, 1.82) is 0 Å². The first-order chi connectivity index (χ1) is 15.7. The smallest absolute Gasteiger partial charge is 0.337 e. The summed E-state index contributed by atoms with van der Waals surface area (Å²) >= 11 is 0. The van der Waals surface area contributed by atoms with Crippen LogP contribution >= 0.6 is 0 Å². The predicted octanol–water partition coefficient (Wildman–Crippen LogP) is 6.89. The van der Waals surface area contributed by atoms with Crippen molar-refractivity contribution in [3.8, 4) is 0 Å². The maximum Gasteiger partial charge on any atom is 0.462 e. The van der Waals surface area contributed by atoms with Gasteiger partial charge in [-0.15, -0.1) is 0 Å². The summed E-state index contributed by atoms with van der Waals surface area (Å²) < 4.78 is 228. The van der Waals surface area contributed by atoms with Crippen LogP contribution in [-0.2, 0) is 15.3 Å². The van der Waals surface area contributed by atoms with Crippen LogP contribution in [0.25, 0.3) is 11.0 Å². The van der Waals surface area contributed by atoms with Crippen molar-refractivity contribution < 1.29 is 84.1 Å². The summed E-state index contributed by atoms with van der Waals surface area (Å²) in [6.45, 7) is 0. The zero-order chi connectivity index (χ0) is 28.4. The van der Waals surface area contributed by atoms with Crippen LogP contribution in [0.5, 0.6) is 0 Å². The highest BCUT2D eigenvalue weighted by Crippen LogP contribution is 2.57. The van der Waals surface area contributed by atoms with Gasteiger partial charge in [0.15, 0.2) is 5.82 Å². The van der Waals surface area contributed by atoms with Crippen molar-refractivity contribution in [2.75, 3.05) is 0 Å². The van der Waals surface area contributed by atoms with Gasteiger partial charge < -0.3 is 4.98 Å². The number of fused-ring (bicyclic) bond motifs is 1.